The van der Waals surface area contributed by atoms with E-state index in [1.54, 1.807) is 19.1 Å². The summed E-state index contributed by atoms with van der Waals surface area (Å²) in [7, 11) is -7.50. The van der Waals surface area contributed by atoms with Crippen molar-refractivity contribution in [2.24, 2.45) is 0 Å². The van der Waals surface area contributed by atoms with Crippen LogP contribution in [0.15, 0.2) is 34.1 Å². The fourth-order valence-corrected chi connectivity index (χ4v) is 8.18. The number of rotatable bonds is 4. The minimum absolute atomic E-state index is 0.0370. The molecule has 1 aromatic heterocycles. The van der Waals surface area contributed by atoms with Crippen molar-refractivity contribution in [3.8, 4) is 0 Å². The number of sulfonamides is 2. The van der Waals surface area contributed by atoms with Crippen molar-refractivity contribution >= 4 is 54.6 Å². The second-order valence-corrected chi connectivity index (χ2v) is 12.4. The lowest BCUT2D eigenvalue weighted by Crippen LogP contribution is -2.50. The molecular formula is C16H18Cl2N2O4S3. The zero-order valence-electron chi connectivity index (χ0n) is 14.6. The van der Waals surface area contributed by atoms with Gasteiger partial charge in [-0.2, -0.15) is 8.61 Å². The van der Waals surface area contributed by atoms with Crippen LogP contribution in [0.5, 0.6) is 0 Å². The smallest absolute Gasteiger partial charge is 0.207 e. The second kappa shape index (κ2) is 7.62. The van der Waals surface area contributed by atoms with E-state index in [0.717, 1.165) is 16.9 Å². The van der Waals surface area contributed by atoms with Crippen LogP contribution in [-0.2, 0) is 20.0 Å². The van der Waals surface area contributed by atoms with Crippen molar-refractivity contribution in [1.29, 1.82) is 0 Å². The third-order valence-corrected chi connectivity index (χ3v) is 10.1. The van der Waals surface area contributed by atoms with E-state index < -0.39 is 20.0 Å². The van der Waals surface area contributed by atoms with Gasteiger partial charge in [-0.1, -0.05) is 35.3 Å². The maximum atomic E-state index is 13.0. The summed E-state index contributed by atoms with van der Waals surface area (Å²) in [4.78, 5) is 0.219. The lowest BCUT2D eigenvalue weighted by molar-refractivity contribution is 0.273. The molecule has 2 heterocycles. The first-order valence-electron chi connectivity index (χ1n) is 8.06. The summed E-state index contributed by atoms with van der Waals surface area (Å²) in [5.74, 6) is 0. The number of halogens is 2. The largest absolute Gasteiger partial charge is 0.245 e. The van der Waals surface area contributed by atoms with E-state index in [9.17, 15) is 16.8 Å². The van der Waals surface area contributed by atoms with E-state index in [1.165, 1.54) is 14.7 Å². The average molecular weight is 469 g/mol. The molecule has 0 unspecified atom stereocenters. The van der Waals surface area contributed by atoms with Crippen LogP contribution in [0.2, 0.25) is 8.67 Å². The first kappa shape index (κ1) is 21.0. The number of thiophene rings is 1. The summed E-state index contributed by atoms with van der Waals surface area (Å²) in [6.45, 7) is 3.83. The normalized spacial score (nSPS) is 17.3. The zero-order valence-corrected chi connectivity index (χ0v) is 18.6. The van der Waals surface area contributed by atoms with Gasteiger partial charge in [0.15, 0.2) is 0 Å². The van der Waals surface area contributed by atoms with E-state index >= 15 is 0 Å². The Bertz CT molecular complexity index is 1070. The van der Waals surface area contributed by atoms with Gasteiger partial charge in [-0.05, 0) is 37.1 Å². The molecule has 2 aromatic rings. The van der Waals surface area contributed by atoms with Crippen LogP contribution in [0.3, 0.4) is 0 Å². The monoisotopic (exact) mass is 468 g/mol. The molecule has 0 spiro atoms. The molecule has 6 nitrogen and oxygen atoms in total. The van der Waals surface area contributed by atoms with Gasteiger partial charge in [-0.3, -0.25) is 0 Å². The standard InChI is InChI=1S/C16H18Cl2N2O4S3/c1-11-3-4-12(2)13(9-11)26(21,22)19-5-7-20(8-6-19)27(23,24)14-10-15(17)25-16(14)18/h3-4,9-10H,5-8H2,1-2H3. The highest BCUT2D eigenvalue weighted by atomic mass is 35.5. The molecule has 3 rings (SSSR count). The van der Waals surface area contributed by atoms with E-state index in [0.29, 0.717) is 5.56 Å². The molecule has 0 radical (unpaired) electrons. The molecule has 1 aromatic carbocycles. The molecule has 1 fully saturated rings. The Kier molecular flexibility index (Phi) is 5.94. The highest BCUT2D eigenvalue weighted by molar-refractivity contribution is 7.89. The maximum Gasteiger partial charge on any atom is 0.245 e. The van der Waals surface area contributed by atoms with Crippen LogP contribution in [-0.4, -0.2) is 51.6 Å². The number of hydrogen-bond acceptors (Lipinski definition) is 5. The lowest BCUT2D eigenvalue weighted by Gasteiger charge is -2.33. The molecule has 0 amide bonds. The van der Waals surface area contributed by atoms with Crippen LogP contribution in [0.4, 0.5) is 0 Å². The van der Waals surface area contributed by atoms with Crippen molar-refractivity contribution in [2.45, 2.75) is 23.6 Å². The van der Waals surface area contributed by atoms with Crippen molar-refractivity contribution in [2.75, 3.05) is 26.2 Å². The van der Waals surface area contributed by atoms with Gasteiger partial charge in [0, 0.05) is 26.2 Å². The first-order chi connectivity index (χ1) is 12.5. The Morgan fingerprint density at radius 3 is 1.85 bits per heavy atom. The van der Waals surface area contributed by atoms with Gasteiger partial charge in [0.2, 0.25) is 20.0 Å². The lowest BCUT2D eigenvalue weighted by atomic mass is 10.2. The van der Waals surface area contributed by atoms with Gasteiger partial charge in [0.05, 0.1) is 9.23 Å². The van der Waals surface area contributed by atoms with E-state index in [2.05, 4.69) is 0 Å². The van der Waals surface area contributed by atoms with Gasteiger partial charge in [-0.15, -0.1) is 11.3 Å². The highest BCUT2D eigenvalue weighted by Crippen LogP contribution is 2.36. The predicted octanol–water partition coefficient (Wildman–Crippen LogP) is 3.37. The fraction of sp³-hybridized carbons (Fsp3) is 0.375. The summed E-state index contributed by atoms with van der Waals surface area (Å²) in [5.41, 5.74) is 1.51. The Morgan fingerprint density at radius 2 is 1.37 bits per heavy atom. The SMILES string of the molecule is Cc1ccc(C)c(S(=O)(=O)N2CCN(S(=O)(=O)c3cc(Cl)sc3Cl)CC2)c1. The summed E-state index contributed by atoms with van der Waals surface area (Å²) in [6, 6.07) is 6.59. The van der Waals surface area contributed by atoms with Crippen molar-refractivity contribution in [3.05, 3.63) is 44.1 Å². The summed E-state index contributed by atoms with van der Waals surface area (Å²) in [5, 5.41) is 0. The molecule has 1 saturated heterocycles. The number of aryl methyl sites for hydroxylation is 2. The van der Waals surface area contributed by atoms with E-state index in [1.807, 2.05) is 13.0 Å². The molecule has 0 atom stereocenters. The van der Waals surface area contributed by atoms with Crippen LogP contribution in [0.25, 0.3) is 0 Å². The maximum absolute atomic E-state index is 13.0. The van der Waals surface area contributed by atoms with Crippen LogP contribution in [0, 0.1) is 13.8 Å². The predicted molar refractivity (Wildman–Crippen MR) is 108 cm³/mol. The zero-order chi connectivity index (χ0) is 20.0. The van der Waals surface area contributed by atoms with Gasteiger partial charge in [-0.25, -0.2) is 16.8 Å². The van der Waals surface area contributed by atoms with Crippen molar-refractivity contribution < 1.29 is 16.8 Å². The first-order valence-corrected chi connectivity index (χ1v) is 12.5. The molecule has 11 heteroatoms. The molecule has 1 aliphatic rings. The summed E-state index contributed by atoms with van der Waals surface area (Å²) >= 11 is 12.8. The molecule has 0 aliphatic carbocycles. The number of piperazine rings is 1. The summed E-state index contributed by atoms with van der Waals surface area (Å²) in [6.07, 6.45) is 0. The van der Waals surface area contributed by atoms with Gasteiger partial charge in [0.1, 0.15) is 9.23 Å². The second-order valence-electron chi connectivity index (χ2n) is 6.27. The molecule has 0 bridgehead atoms. The molecular weight excluding hydrogens is 451 g/mol. The average Bonchev–Trinajstić information content (AvgIpc) is 2.96. The third-order valence-electron chi connectivity index (χ3n) is 4.40. The quantitative estimate of drug-likeness (QED) is 0.688. The highest BCUT2D eigenvalue weighted by Gasteiger charge is 2.35. The minimum atomic E-state index is -3.81. The van der Waals surface area contributed by atoms with Gasteiger partial charge >= 0.3 is 0 Å². The number of hydrogen-bond donors (Lipinski definition) is 0. The van der Waals surface area contributed by atoms with Crippen LogP contribution < -0.4 is 0 Å². The Balaban J connectivity index is 1.81. The summed E-state index contributed by atoms with van der Waals surface area (Å²) < 4.78 is 54.4. The molecule has 0 saturated carbocycles. The van der Waals surface area contributed by atoms with E-state index in [4.69, 9.17) is 23.2 Å². The molecule has 1 aliphatic heterocycles. The van der Waals surface area contributed by atoms with Crippen molar-refractivity contribution in [1.82, 2.24) is 8.61 Å². The van der Waals surface area contributed by atoms with Gasteiger partial charge < -0.3 is 0 Å². The van der Waals surface area contributed by atoms with E-state index in [-0.39, 0.29) is 44.6 Å². The molecule has 148 valence electrons. The fourth-order valence-electron chi connectivity index (χ4n) is 2.91. The number of benzene rings is 1. The van der Waals surface area contributed by atoms with Crippen LogP contribution >= 0.6 is 34.5 Å². The molecule has 0 N–H and O–H groups in total. The number of nitrogens with zero attached hydrogens (tertiary/aromatic N) is 2. The topological polar surface area (TPSA) is 74.8 Å². The molecule has 27 heavy (non-hydrogen) atoms. The van der Waals surface area contributed by atoms with Crippen LogP contribution in [0.1, 0.15) is 11.1 Å². The Hall–Kier alpha value is -0.680. The Labute approximate surface area is 173 Å². The minimum Gasteiger partial charge on any atom is -0.207 e. The third kappa shape index (κ3) is 4.05. The van der Waals surface area contributed by atoms with Crippen molar-refractivity contribution in [3.63, 3.8) is 0 Å². The van der Waals surface area contributed by atoms with Gasteiger partial charge in [0.25, 0.3) is 0 Å². The Morgan fingerprint density at radius 1 is 0.852 bits per heavy atom.